The fraction of sp³-hybridized carbons (Fsp3) is 0.154. The van der Waals surface area contributed by atoms with E-state index in [4.69, 9.17) is 5.73 Å². The predicted octanol–water partition coefficient (Wildman–Crippen LogP) is 2.31. The zero-order valence-corrected chi connectivity index (χ0v) is 10.3. The predicted molar refractivity (Wildman–Crippen MR) is 70.9 cm³/mol. The van der Waals surface area contributed by atoms with Crippen molar-refractivity contribution in [2.24, 2.45) is 0 Å². The maximum absolute atomic E-state index is 11.1. The third kappa shape index (κ3) is 2.82. The van der Waals surface area contributed by atoms with Crippen molar-refractivity contribution in [3.8, 4) is 0 Å². The standard InChI is InChI=1S/C13H14N4O/c1-8-7-12(14)17-13(15-8)16-11-5-3-10(4-6-11)9(2)18/h3-7H,1-2H3,(H3,14,15,16,17). The first-order valence-electron chi connectivity index (χ1n) is 5.54. The summed E-state index contributed by atoms with van der Waals surface area (Å²) in [5.74, 6) is 0.908. The van der Waals surface area contributed by atoms with Crippen LogP contribution >= 0.6 is 0 Å². The van der Waals surface area contributed by atoms with Crippen molar-refractivity contribution in [3.63, 3.8) is 0 Å². The van der Waals surface area contributed by atoms with Gasteiger partial charge in [0.1, 0.15) is 5.82 Å². The first-order chi connectivity index (χ1) is 8.54. The molecule has 0 unspecified atom stereocenters. The summed E-state index contributed by atoms with van der Waals surface area (Å²) in [6.45, 7) is 3.38. The normalized spacial score (nSPS) is 10.1. The zero-order valence-electron chi connectivity index (χ0n) is 10.3. The summed E-state index contributed by atoms with van der Waals surface area (Å²) < 4.78 is 0. The Labute approximate surface area is 105 Å². The van der Waals surface area contributed by atoms with E-state index in [1.807, 2.05) is 6.92 Å². The van der Waals surface area contributed by atoms with E-state index < -0.39 is 0 Å². The van der Waals surface area contributed by atoms with Crippen molar-refractivity contribution in [1.82, 2.24) is 9.97 Å². The highest BCUT2D eigenvalue weighted by Crippen LogP contribution is 2.15. The molecule has 1 aromatic carbocycles. The Hall–Kier alpha value is -2.43. The zero-order chi connectivity index (χ0) is 13.1. The highest BCUT2D eigenvalue weighted by Gasteiger charge is 2.02. The number of aryl methyl sites for hydroxylation is 1. The number of nitrogens with one attached hydrogen (secondary N) is 1. The molecule has 0 aliphatic heterocycles. The van der Waals surface area contributed by atoms with Crippen molar-refractivity contribution in [2.45, 2.75) is 13.8 Å². The molecule has 92 valence electrons. The number of benzene rings is 1. The number of anilines is 3. The second-order valence-electron chi connectivity index (χ2n) is 4.02. The van der Waals surface area contributed by atoms with Gasteiger partial charge >= 0.3 is 0 Å². The van der Waals surface area contributed by atoms with Crippen LogP contribution in [0.25, 0.3) is 0 Å². The van der Waals surface area contributed by atoms with E-state index in [1.54, 1.807) is 30.3 Å². The van der Waals surface area contributed by atoms with E-state index in [2.05, 4.69) is 15.3 Å². The molecule has 3 N–H and O–H groups in total. The van der Waals surface area contributed by atoms with E-state index in [1.165, 1.54) is 6.92 Å². The molecule has 1 aromatic heterocycles. The highest BCUT2D eigenvalue weighted by molar-refractivity contribution is 5.94. The summed E-state index contributed by atoms with van der Waals surface area (Å²) in [6, 6.07) is 8.81. The number of Topliss-reactive ketones (excluding diaryl/α,β-unsaturated/α-hetero) is 1. The number of hydrogen-bond acceptors (Lipinski definition) is 5. The van der Waals surface area contributed by atoms with Crippen molar-refractivity contribution in [3.05, 3.63) is 41.6 Å². The average Bonchev–Trinajstić information content (AvgIpc) is 2.28. The molecule has 18 heavy (non-hydrogen) atoms. The maximum Gasteiger partial charge on any atom is 0.229 e. The summed E-state index contributed by atoms with van der Waals surface area (Å²) in [6.07, 6.45) is 0. The third-order valence-electron chi connectivity index (χ3n) is 2.42. The molecule has 2 aromatic rings. The van der Waals surface area contributed by atoms with Gasteiger partial charge in [0.15, 0.2) is 5.78 Å². The fourth-order valence-corrected chi connectivity index (χ4v) is 1.57. The van der Waals surface area contributed by atoms with Gasteiger partial charge in [0.05, 0.1) is 0 Å². The number of nitrogens with zero attached hydrogens (tertiary/aromatic N) is 2. The molecule has 0 saturated carbocycles. The van der Waals surface area contributed by atoms with E-state index in [-0.39, 0.29) is 5.78 Å². The molecule has 0 fully saturated rings. The van der Waals surface area contributed by atoms with Gasteiger partial charge in [0, 0.05) is 23.0 Å². The van der Waals surface area contributed by atoms with Crippen LogP contribution in [0.4, 0.5) is 17.5 Å². The minimum absolute atomic E-state index is 0.0394. The largest absolute Gasteiger partial charge is 0.384 e. The lowest BCUT2D eigenvalue weighted by atomic mass is 10.1. The molecule has 0 atom stereocenters. The number of aromatic nitrogens is 2. The van der Waals surface area contributed by atoms with Gasteiger partial charge in [0.25, 0.3) is 0 Å². The molecule has 5 nitrogen and oxygen atoms in total. The van der Waals surface area contributed by atoms with Crippen LogP contribution in [0.5, 0.6) is 0 Å². The van der Waals surface area contributed by atoms with Gasteiger partial charge in [-0.15, -0.1) is 0 Å². The van der Waals surface area contributed by atoms with Crippen molar-refractivity contribution >= 4 is 23.2 Å². The van der Waals surface area contributed by atoms with Crippen molar-refractivity contribution < 1.29 is 4.79 Å². The average molecular weight is 242 g/mol. The summed E-state index contributed by atoms with van der Waals surface area (Å²) >= 11 is 0. The van der Waals surface area contributed by atoms with Gasteiger partial charge in [-0.3, -0.25) is 4.79 Å². The van der Waals surface area contributed by atoms with Gasteiger partial charge in [0.2, 0.25) is 5.95 Å². The van der Waals surface area contributed by atoms with E-state index in [9.17, 15) is 4.79 Å². The summed E-state index contributed by atoms with van der Waals surface area (Å²) in [5.41, 5.74) is 7.92. The minimum atomic E-state index is 0.0394. The maximum atomic E-state index is 11.1. The van der Waals surface area contributed by atoms with Crippen molar-refractivity contribution in [1.29, 1.82) is 0 Å². The number of rotatable bonds is 3. The molecule has 0 aliphatic rings. The summed E-state index contributed by atoms with van der Waals surface area (Å²) in [5, 5.41) is 3.04. The molecule has 0 saturated heterocycles. The van der Waals surface area contributed by atoms with Gasteiger partial charge in [-0.2, -0.15) is 4.98 Å². The number of nitrogens with two attached hydrogens (primary N) is 1. The van der Waals surface area contributed by atoms with Gasteiger partial charge in [-0.1, -0.05) is 0 Å². The second kappa shape index (κ2) is 4.83. The molecule has 0 bridgehead atoms. The van der Waals surface area contributed by atoms with Crippen LogP contribution in [0, 0.1) is 6.92 Å². The second-order valence-corrected chi connectivity index (χ2v) is 4.02. The van der Waals surface area contributed by atoms with Gasteiger partial charge < -0.3 is 11.1 Å². The molecular weight excluding hydrogens is 228 g/mol. The number of ketones is 1. The minimum Gasteiger partial charge on any atom is -0.384 e. The van der Waals surface area contributed by atoms with Crippen LogP contribution in [-0.2, 0) is 0 Å². The summed E-state index contributed by atoms with van der Waals surface area (Å²) in [7, 11) is 0. The van der Waals surface area contributed by atoms with Crippen LogP contribution in [0.2, 0.25) is 0 Å². The number of carbonyl (C=O) groups is 1. The Morgan fingerprint density at radius 1 is 1.22 bits per heavy atom. The van der Waals surface area contributed by atoms with E-state index in [0.717, 1.165) is 11.4 Å². The van der Waals surface area contributed by atoms with E-state index in [0.29, 0.717) is 17.3 Å². The van der Waals surface area contributed by atoms with Crippen LogP contribution < -0.4 is 11.1 Å². The lowest BCUT2D eigenvalue weighted by molar-refractivity contribution is 0.101. The molecule has 0 aliphatic carbocycles. The van der Waals surface area contributed by atoms with E-state index >= 15 is 0 Å². The Morgan fingerprint density at radius 2 is 1.89 bits per heavy atom. The Bertz CT molecular complexity index is 558. The summed E-state index contributed by atoms with van der Waals surface area (Å²) in [4.78, 5) is 19.4. The smallest absolute Gasteiger partial charge is 0.229 e. The van der Waals surface area contributed by atoms with Crippen LogP contribution in [0.15, 0.2) is 30.3 Å². The number of hydrogen-bond donors (Lipinski definition) is 2. The lowest BCUT2D eigenvalue weighted by Crippen LogP contribution is -2.02. The Balaban J connectivity index is 2.20. The molecule has 5 heteroatoms. The van der Waals surface area contributed by atoms with Gasteiger partial charge in [-0.05, 0) is 38.1 Å². The number of nitrogen functional groups attached to an aromatic ring is 1. The molecule has 2 rings (SSSR count). The molecule has 0 spiro atoms. The highest BCUT2D eigenvalue weighted by atomic mass is 16.1. The quantitative estimate of drug-likeness (QED) is 0.807. The molecular formula is C13H14N4O. The SMILES string of the molecule is CC(=O)c1ccc(Nc2nc(C)cc(N)n2)cc1. The fourth-order valence-electron chi connectivity index (χ4n) is 1.57. The Morgan fingerprint density at radius 3 is 2.44 bits per heavy atom. The topological polar surface area (TPSA) is 80.9 Å². The molecule has 1 heterocycles. The number of carbonyl (C=O) groups excluding carboxylic acids is 1. The van der Waals surface area contributed by atoms with Crippen molar-refractivity contribution in [2.75, 3.05) is 11.1 Å². The molecule has 0 radical (unpaired) electrons. The van der Waals surface area contributed by atoms with Gasteiger partial charge in [-0.25, -0.2) is 4.98 Å². The molecule has 0 amide bonds. The lowest BCUT2D eigenvalue weighted by Gasteiger charge is -2.06. The van der Waals surface area contributed by atoms with Crippen LogP contribution in [0.3, 0.4) is 0 Å². The first-order valence-corrected chi connectivity index (χ1v) is 5.54. The van der Waals surface area contributed by atoms with Crippen LogP contribution in [0.1, 0.15) is 23.0 Å². The third-order valence-corrected chi connectivity index (χ3v) is 2.42. The first kappa shape index (κ1) is 12.0. The van der Waals surface area contributed by atoms with Crippen LogP contribution in [-0.4, -0.2) is 15.8 Å². The monoisotopic (exact) mass is 242 g/mol. The Kier molecular flexibility index (Phi) is 3.23.